The van der Waals surface area contributed by atoms with Gasteiger partial charge in [0.05, 0.1) is 45.4 Å². The van der Waals surface area contributed by atoms with Gasteiger partial charge >= 0.3 is 0 Å². The molecule has 3 aromatic heterocycles. The van der Waals surface area contributed by atoms with Crippen LogP contribution in [0.2, 0.25) is 5.02 Å². The van der Waals surface area contributed by atoms with Crippen LogP contribution in [0.5, 0.6) is 0 Å². The number of hydrazine groups is 2. The number of benzene rings is 1. The molecule has 2 aliphatic rings. The SMILES string of the molecule is N#Cc1cnc2c(Cl)cc(N[C@H](C3=CN(CCCN4CCCC4)NN3)c3cccnc3)cc2c1Nc1cnc(F)c(F)c1. The lowest BCUT2D eigenvalue weighted by Gasteiger charge is -2.22. The molecule has 13 heteroatoms. The monoisotopic (exact) mass is 602 g/mol. The summed E-state index contributed by atoms with van der Waals surface area (Å²) in [7, 11) is 0. The first-order valence-corrected chi connectivity index (χ1v) is 14.4. The van der Waals surface area contributed by atoms with Gasteiger partial charge in [-0.25, -0.2) is 9.37 Å². The number of aromatic nitrogens is 3. The van der Waals surface area contributed by atoms with E-state index in [1.165, 1.54) is 32.1 Å². The van der Waals surface area contributed by atoms with Gasteiger partial charge in [-0.1, -0.05) is 17.7 Å². The van der Waals surface area contributed by atoms with E-state index >= 15 is 0 Å². The van der Waals surface area contributed by atoms with Crippen molar-refractivity contribution < 1.29 is 8.78 Å². The van der Waals surface area contributed by atoms with Crippen LogP contribution in [0.25, 0.3) is 10.9 Å². The molecule has 0 aliphatic carbocycles. The minimum absolute atomic E-state index is 0.168. The Morgan fingerprint density at radius 2 is 1.93 bits per heavy atom. The van der Waals surface area contributed by atoms with Crippen molar-refractivity contribution in [3.63, 3.8) is 0 Å². The standard InChI is InChI=1S/C30H29ClF2N10/c31-24-12-21(11-23-27(20(14-34)16-36-29(23)24)39-22-13-25(32)30(33)37-17-22)38-28(19-5-3-6-35-15-19)26-18-43(41-40-26)10-4-9-42-7-1-2-8-42/h3,5-6,11-13,15-18,28,38,40-41H,1-2,4,7-10H2,(H,36,39)/t28-/m0/s1. The van der Waals surface area contributed by atoms with Crippen LogP contribution >= 0.6 is 11.6 Å². The summed E-state index contributed by atoms with van der Waals surface area (Å²) in [5.74, 6) is -2.33. The van der Waals surface area contributed by atoms with Gasteiger partial charge in [-0.15, -0.1) is 5.53 Å². The van der Waals surface area contributed by atoms with E-state index in [1.54, 1.807) is 18.5 Å². The first-order valence-electron chi connectivity index (χ1n) is 14.0. The van der Waals surface area contributed by atoms with E-state index in [9.17, 15) is 14.0 Å². The Kier molecular flexibility index (Phi) is 8.46. The lowest BCUT2D eigenvalue weighted by Crippen LogP contribution is -2.38. The van der Waals surface area contributed by atoms with Crippen molar-refractivity contribution >= 4 is 39.6 Å². The van der Waals surface area contributed by atoms with Crippen molar-refractivity contribution in [2.75, 3.05) is 36.8 Å². The number of pyridine rings is 3. The molecule has 10 nitrogen and oxygen atoms in total. The van der Waals surface area contributed by atoms with Gasteiger partial charge in [0.2, 0.25) is 5.95 Å². The van der Waals surface area contributed by atoms with Crippen LogP contribution in [0.3, 0.4) is 0 Å². The Morgan fingerprint density at radius 1 is 1.07 bits per heavy atom. The lowest BCUT2D eigenvalue weighted by atomic mass is 10.0. The zero-order chi connectivity index (χ0) is 29.8. The van der Waals surface area contributed by atoms with E-state index < -0.39 is 11.8 Å². The fourth-order valence-electron chi connectivity index (χ4n) is 5.36. The molecule has 0 bridgehead atoms. The molecule has 220 valence electrons. The van der Waals surface area contributed by atoms with E-state index in [0.717, 1.165) is 43.0 Å². The number of nitrogens with one attached hydrogen (secondary N) is 4. The molecule has 0 spiro atoms. The number of halogens is 3. The Labute approximate surface area is 252 Å². The molecule has 1 aromatic carbocycles. The van der Waals surface area contributed by atoms with Gasteiger partial charge in [0.25, 0.3) is 0 Å². The molecular weight excluding hydrogens is 574 g/mol. The van der Waals surface area contributed by atoms with Crippen molar-refractivity contribution in [2.45, 2.75) is 25.3 Å². The second-order valence-corrected chi connectivity index (χ2v) is 10.8. The molecule has 43 heavy (non-hydrogen) atoms. The summed E-state index contributed by atoms with van der Waals surface area (Å²) in [5, 5.41) is 19.3. The van der Waals surface area contributed by atoms with E-state index in [0.29, 0.717) is 27.3 Å². The smallest absolute Gasteiger partial charge is 0.249 e. The summed E-state index contributed by atoms with van der Waals surface area (Å²) in [5.41, 5.74) is 10.1. The third-order valence-electron chi connectivity index (χ3n) is 7.46. The molecule has 1 atom stereocenters. The van der Waals surface area contributed by atoms with Crippen molar-refractivity contribution in [3.8, 4) is 6.07 Å². The maximum absolute atomic E-state index is 13.9. The largest absolute Gasteiger partial charge is 0.373 e. The van der Waals surface area contributed by atoms with Gasteiger partial charge in [0, 0.05) is 48.5 Å². The third-order valence-corrected chi connectivity index (χ3v) is 7.75. The van der Waals surface area contributed by atoms with Gasteiger partial charge in [0.1, 0.15) is 6.07 Å². The van der Waals surface area contributed by atoms with Crippen LogP contribution in [0.4, 0.5) is 25.8 Å². The van der Waals surface area contributed by atoms with E-state index in [2.05, 4.69) is 47.5 Å². The van der Waals surface area contributed by atoms with Gasteiger partial charge in [-0.3, -0.25) is 15.0 Å². The minimum Gasteiger partial charge on any atom is -0.373 e. The number of anilines is 3. The number of rotatable bonds is 10. The summed E-state index contributed by atoms with van der Waals surface area (Å²) >= 11 is 6.70. The highest BCUT2D eigenvalue weighted by Crippen LogP contribution is 2.37. The number of hydrogen-bond acceptors (Lipinski definition) is 10. The van der Waals surface area contributed by atoms with Crippen LogP contribution in [-0.2, 0) is 0 Å². The van der Waals surface area contributed by atoms with Gasteiger partial charge in [-0.2, -0.15) is 9.65 Å². The maximum atomic E-state index is 13.9. The molecule has 4 N–H and O–H groups in total. The van der Waals surface area contributed by atoms with Crippen LogP contribution in [0, 0.1) is 23.1 Å². The van der Waals surface area contributed by atoms with E-state index in [1.807, 2.05) is 29.4 Å². The summed E-state index contributed by atoms with van der Waals surface area (Å²) in [4.78, 5) is 14.6. The average Bonchev–Trinajstić information content (AvgIpc) is 3.71. The molecular formula is C30H29ClF2N10. The topological polar surface area (TPSA) is 117 Å². The van der Waals surface area contributed by atoms with Crippen LogP contribution in [0.15, 0.2) is 67.0 Å². The average molecular weight is 603 g/mol. The molecule has 0 amide bonds. The van der Waals surface area contributed by atoms with Gasteiger partial charge in [0.15, 0.2) is 5.82 Å². The quantitative estimate of drug-likeness (QED) is 0.176. The predicted molar refractivity (Wildman–Crippen MR) is 161 cm³/mol. The Hall–Kier alpha value is -4.57. The fraction of sp³-hybridized carbons (Fsp3) is 0.267. The Bertz CT molecular complexity index is 1690. The second-order valence-electron chi connectivity index (χ2n) is 10.4. The lowest BCUT2D eigenvalue weighted by molar-refractivity contribution is 0.243. The number of fused-ring (bicyclic) bond motifs is 1. The molecule has 0 unspecified atom stereocenters. The maximum Gasteiger partial charge on any atom is 0.249 e. The highest BCUT2D eigenvalue weighted by molar-refractivity contribution is 6.36. The third kappa shape index (κ3) is 6.44. The summed E-state index contributed by atoms with van der Waals surface area (Å²) in [6, 6.07) is 10.2. The first kappa shape index (κ1) is 28.5. The minimum atomic E-state index is -1.21. The summed E-state index contributed by atoms with van der Waals surface area (Å²) in [6.07, 6.45) is 11.7. The second kappa shape index (κ2) is 12.7. The highest BCUT2D eigenvalue weighted by Gasteiger charge is 2.24. The van der Waals surface area contributed by atoms with Crippen LogP contribution < -0.4 is 21.6 Å². The normalized spacial score (nSPS) is 15.7. The Balaban J connectivity index is 1.30. The molecule has 2 aliphatic heterocycles. The van der Waals surface area contributed by atoms with Gasteiger partial charge < -0.3 is 21.0 Å². The first-order chi connectivity index (χ1) is 21.0. The molecule has 1 fully saturated rings. The Morgan fingerprint density at radius 3 is 2.70 bits per heavy atom. The van der Waals surface area contributed by atoms with Crippen LogP contribution in [-0.4, -0.2) is 51.0 Å². The molecule has 1 saturated heterocycles. The zero-order valence-corrected chi connectivity index (χ0v) is 23.9. The van der Waals surface area contributed by atoms with E-state index in [-0.39, 0.29) is 17.3 Å². The van der Waals surface area contributed by atoms with E-state index in [4.69, 9.17) is 11.6 Å². The van der Waals surface area contributed by atoms with Gasteiger partial charge in [-0.05, 0) is 62.7 Å². The predicted octanol–water partition coefficient (Wildman–Crippen LogP) is 5.38. The molecule has 6 rings (SSSR count). The number of nitriles is 1. The van der Waals surface area contributed by atoms with Crippen molar-refractivity contribution in [2.24, 2.45) is 0 Å². The molecule has 4 aromatic rings. The zero-order valence-electron chi connectivity index (χ0n) is 23.1. The highest BCUT2D eigenvalue weighted by atomic mass is 35.5. The summed E-state index contributed by atoms with van der Waals surface area (Å²) in [6.45, 7) is 4.25. The molecule has 5 heterocycles. The van der Waals surface area contributed by atoms with Crippen molar-refractivity contribution in [1.29, 1.82) is 5.26 Å². The number of nitrogens with zero attached hydrogens (tertiary/aromatic N) is 6. The summed E-state index contributed by atoms with van der Waals surface area (Å²) < 4.78 is 27.4. The van der Waals surface area contributed by atoms with Crippen molar-refractivity contribution in [1.82, 2.24) is 35.8 Å². The molecule has 0 radical (unpaired) electrons. The van der Waals surface area contributed by atoms with Crippen LogP contribution in [0.1, 0.15) is 36.4 Å². The fourth-order valence-corrected chi connectivity index (χ4v) is 5.63. The van der Waals surface area contributed by atoms with Crippen molar-refractivity contribution in [3.05, 3.63) is 94.9 Å². The number of likely N-dealkylation sites (tertiary alicyclic amines) is 1. The number of hydrogen-bond donors (Lipinski definition) is 4. The molecule has 0 saturated carbocycles.